The summed E-state index contributed by atoms with van der Waals surface area (Å²) in [5, 5.41) is 9.63. The molecule has 1 heterocycles. The van der Waals surface area contributed by atoms with Crippen molar-refractivity contribution in [2.24, 2.45) is 0 Å². The summed E-state index contributed by atoms with van der Waals surface area (Å²) in [6.45, 7) is 4.97. The van der Waals surface area contributed by atoms with E-state index in [-0.39, 0.29) is 10.5 Å². The predicted octanol–water partition coefficient (Wildman–Crippen LogP) is 7.41. The zero-order valence-electron chi connectivity index (χ0n) is 25.2. The van der Waals surface area contributed by atoms with Crippen LogP contribution in [0.3, 0.4) is 0 Å². The Balaban J connectivity index is 1.53. The van der Waals surface area contributed by atoms with Crippen LogP contribution in [0.5, 0.6) is 5.75 Å². The van der Waals surface area contributed by atoms with E-state index in [9.17, 15) is 18.3 Å². The molecule has 0 aliphatic carbocycles. The number of anilines is 1. The highest BCUT2D eigenvalue weighted by Crippen LogP contribution is 2.30. The van der Waals surface area contributed by atoms with Gasteiger partial charge in [-0.1, -0.05) is 62.7 Å². The van der Waals surface area contributed by atoms with Crippen LogP contribution in [-0.4, -0.2) is 42.7 Å². The number of ether oxygens (including phenoxy) is 1. The molecule has 44 heavy (non-hydrogen) atoms. The lowest BCUT2D eigenvalue weighted by molar-refractivity contribution is 0.0697. The van der Waals surface area contributed by atoms with E-state index in [1.54, 1.807) is 43.5 Å². The summed E-state index contributed by atoms with van der Waals surface area (Å²) in [6.07, 6.45) is 3.45. The summed E-state index contributed by atoms with van der Waals surface area (Å²) in [4.78, 5) is 16.9. The quantitative estimate of drug-likeness (QED) is 0.149. The summed E-state index contributed by atoms with van der Waals surface area (Å²) in [6, 6.07) is 27.0. The molecule has 0 aliphatic rings. The van der Waals surface area contributed by atoms with E-state index in [0.717, 1.165) is 47.2 Å². The van der Waals surface area contributed by atoms with Gasteiger partial charge in [-0.2, -0.15) is 0 Å². The van der Waals surface area contributed by atoms with Crippen molar-refractivity contribution in [3.05, 3.63) is 108 Å². The number of imidazole rings is 1. The first-order valence-electron chi connectivity index (χ1n) is 14.8. The fourth-order valence-electron chi connectivity index (χ4n) is 5.38. The number of rotatable bonds is 13. The van der Waals surface area contributed by atoms with E-state index in [2.05, 4.69) is 11.5 Å². The maximum absolute atomic E-state index is 13.8. The Kier molecular flexibility index (Phi) is 9.35. The molecule has 0 bridgehead atoms. The highest BCUT2D eigenvalue weighted by Gasteiger charge is 2.25. The standard InChI is InChI=1S/C35H37N3O5S/c1-4-6-11-34-36-32-21-16-27(38(22-5-2)44(41,42)29-19-17-28(43-3)18-20-29)23-33(32)37(34)24-25-12-14-26(15-13-25)30-9-7-8-10-31(30)35(39)40/h7-10,12-21,23H,4-6,11,22,24H2,1-3H3,(H,39,40). The van der Waals surface area contributed by atoms with Crippen molar-refractivity contribution in [1.82, 2.24) is 9.55 Å². The molecule has 0 radical (unpaired) electrons. The van der Waals surface area contributed by atoms with Crippen molar-refractivity contribution >= 4 is 32.7 Å². The Labute approximate surface area is 258 Å². The minimum atomic E-state index is -3.82. The van der Waals surface area contributed by atoms with Crippen LogP contribution in [0, 0.1) is 0 Å². The van der Waals surface area contributed by atoms with Gasteiger partial charge in [0.05, 0.1) is 34.3 Å². The van der Waals surface area contributed by atoms with Gasteiger partial charge in [-0.25, -0.2) is 18.2 Å². The summed E-state index contributed by atoms with van der Waals surface area (Å²) in [5.74, 6) is 0.575. The van der Waals surface area contributed by atoms with E-state index in [1.165, 1.54) is 4.31 Å². The van der Waals surface area contributed by atoms with Crippen LogP contribution in [-0.2, 0) is 23.0 Å². The van der Waals surface area contributed by atoms with Gasteiger partial charge in [0.1, 0.15) is 11.6 Å². The molecule has 0 amide bonds. The smallest absolute Gasteiger partial charge is 0.336 e. The number of hydrogen-bond acceptors (Lipinski definition) is 5. The van der Waals surface area contributed by atoms with Gasteiger partial charge in [-0.05, 0) is 78.1 Å². The highest BCUT2D eigenvalue weighted by molar-refractivity contribution is 7.92. The van der Waals surface area contributed by atoms with Gasteiger partial charge in [0.2, 0.25) is 0 Å². The lowest BCUT2D eigenvalue weighted by Gasteiger charge is -2.24. The van der Waals surface area contributed by atoms with Crippen LogP contribution in [0.1, 0.15) is 54.9 Å². The second-order valence-electron chi connectivity index (χ2n) is 10.7. The normalized spacial score (nSPS) is 11.5. The number of aryl methyl sites for hydroxylation is 1. The average molecular weight is 612 g/mol. The lowest BCUT2D eigenvalue weighted by Crippen LogP contribution is -2.31. The minimum Gasteiger partial charge on any atom is -0.497 e. The summed E-state index contributed by atoms with van der Waals surface area (Å²) in [7, 11) is -2.28. The number of benzene rings is 4. The Hall–Kier alpha value is -4.63. The first-order chi connectivity index (χ1) is 21.3. The largest absolute Gasteiger partial charge is 0.497 e. The van der Waals surface area contributed by atoms with Crippen LogP contribution in [0.4, 0.5) is 5.69 Å². The molecule has 1 aromatic heterocycles. The zero-order valence-corrected chi connectivity index (χ0v) is 26.0. The molecule has 0 atom stereocenters. The highest BCUT2D eigenvalue weighted by atomic mass is 32.2. The Morgan fingerprint density at radius 3 is 2.32 bits per heavy atom. The second-order valence-corrected chi connectivity index (χ2v) is 12.6. The Morgan fingerprint density at radius 1 is 0.932 bits per heavy atom. The van der Waals surface area contributed by atoms with Gasteiger partial charge in [0.15, 0.2) is 0 Å². The molecular formula is C35H37N3O5S. The van der Waals surface area contributed by atoms with Crippen molar-refractivity contribution in [3.63, 3.8) is 0 Å². The van der Waals surface area contributed by atoms with E-state index in [4.69, 9.17) is 9.72 Å². The van der Waals surface area contributed by atoms with Crippen LogP contribution >= 0.6 is 0 Å². The van der Waals surface area contributed by atoms with Crippen molar-refractivity contribution in [2.75, 3.05) is 18.0 Å². The molecule has 0 saturated carbocycles. The predicted molar refractivity (Wildman–Crippen MR) is 174 cm³/mol. The van der Waals surface area contributed by atoms with Crippen molar-refractivity contribution in [1.29, 1.82) is 0 Å². The minimum absolute atomic E-state index is 0.202. The first-order valence-corrected chi connectivity index (χ1v) is 16.3. The maximum Gasteiger partial charge on any atom is 0.336 e. The van der Waals surface area contributed by atoms with Crippen LogP contribution in [0.25, 0.3) is 22.2 Å². The number of unbranched alkanes of at least 4 members (excludes halogenated alkanes) is 1. The third kappa shape index (κ3) is 6.33. The average Bonchev–Trinajstić information content (AvgIpc) is 3.38. The lowest BCUT2D eigenvalue weighted by atomic mass is 9.99. The van der Waals surface area contributed by atoms with E-state index < -0.39 is 16.0 Å². The number of methoxy groups -OCH3 is 1. The third-order valence-corrected chi connectivity index (χ3v) is 9.53. The number of carboxylic acids is 1. The molecule has 8 nitrogen and oxygen atoms in total. The molecule has 5 rings (SSSR count). The van der Waals surface area contributed by atoms with Crippen LogP contribution in [0.15, 0.2) is 95.9 Å². The van der Waals surface area contributed by atoms with Gasteiger partial charge >= 0.3 is 5.97 Å². The molecule has 1 N–H and O–H groups in total. The molecule has 0 unspecified atom stereocenters. The number of carboxylic acid groups (broad SMARTS) is 1. The maximum atomic E-state index is 13.8. The molecule has 0 aliphatic heterocycles. The number of hydrogen-bond donors (Lipinski definition) is 1. The van der Waals surface area contributed by atoms with E-state index in [0.29, 0.717) is 36.5 Å². The van der Waals surface area contributed by atoms with Gasteiger partial charge in [-0.3, -0.25) is 4.31 Å². The number of aromatic nitrogens is 2. The van der Waals surface area contributed by atoms with Gasteiger partial charge in [0.25, 0.3) is 10.0 Å². The number of aromatic carboxylic acids is 1. The molecule has 228 valence electrons. The zero-order chi connectivity index (χ0) is 31.3. The van der Waals surface area contributed by atoms with Gasteiger partial charge < -0.3 is 14.4 Å². The molecule has 9 heteroatoms. The molecule has 0 spiro atoms. The van der Waals surface area contributed by atoms with E-state index >= 15 is 0 Å². The summed E-state index contributed by atoms with van der Waals surface area (Å²) < 4.78 is 36.5. The Morgan fingerprint density at radius 2 is 1.66 bits per heavy atom. The fraction of sp³-hybridized carbons (Fsp3) is 0.257. The number of sulfonamides is 1. The molecular weight excluding hydrogens is 574 g/mol. The molecule has 5 aromatic rings. The van der Waals surface area contributed by atoms with Gasteiger partial charge in [0, 0.05) is 19.5 Å². The number of fused-ring (bicyclic) bond motifs is 1. The molecule has 0 saturated heterocycles. The van der Waals surface area contributed by atoms with E-state index in [1.807, 2.05) is 61.5 Å². The third-order valence-electron chi connectivity index (χ3n) is 7.69. The number of nitrogens with zero attached hydrogens (tertiary/aromatic N) is 3. The second kappa shape index (κ2) is 13.3. The van der Waals surface area contributed by atoms with Crippen molar-refractivity contribution < 1.29 is 23.1 Å². The molecule has 0 fully saturated rings. The van der Waals surface area contributed by atoms with Gasteiger partial charge in [-0.15, -0.1) is 0 Å². The first kappa shape index (κ1) is 30.8. The Bertz CT molecular complexity index is 1860. The van der Waals surface area contributed by atoms with Crippen LogP contribution < -0.4 is 9.04 Å². The number of carbonyl (C=O) groups is 1. The van der Waals surface area contributed by atoms with Crippen molar-refractivity contribution in [3.8, 4) is 16.9 Å². The molecule has 4 aromatic carbocycles. The van der Waals surface area contributed by atoms with Crippen LogP contribution in [0.2, 0.25) is 0 Å². The van der Waals surface area contributed by atoms with Crippen molar-refractivity contribution in [2.45, 2.75) is 51.0 Å². The topological polar surface area (TPSA) is 102 Å². The summed E-state index contributed by atoms with van der Waals surface area (Å²) >= 11 is 0. The SMILES string of the molecule is CCCCc1nc2ccc(N(CCC)S(=O)(=O)c3ccc(OC)cc3)cc2n1Cc1ccc(-c2ccccc2C(=O)O)cc1. The monoisotopic (exact) mass is 611 g/mol. The summed E-state index contributed by atoms with van der Waals surface area (Å²) in [5.41, 5.74) is 5.04. The fourth-order valence-corrected chi connectivity index (χ4v) is 6.93.